The summed E-state index contributed by atoms with van der Waals surface area (Å²) in [7, 11) is 0. The maximum absolute atomic E-state index is 11.2. The number of carbonyl (C=O) groups excluding carboxylic acids is 1. The Labute approximate surface area is 99.4 Å². The molecular formula is C12H15N3O2. The van der Waals surface area contributed by atoms with Gasteiger partial charge in [-0.2, -0.15) is 0 Å². The van der Waals surface area contributed by atoms with Crippen molar-refractivity contribution in [3.8, 4) is 0 Å². The standard InChI is InChI=1S/C12H15N3O2/c1-2-17-11(16)6-4-8-15-9-14-12-10(15)5-3-7-13-12/h3,5,7,9H,2,4,6,8H2,1H3. The van der Waals surface area contributed by atoms with Crippen LogP contribution in [-0.4, -0.2) is 27.1 Å². The lowest BCUT2D eigenvalue weighted by Crippen LogP contribution is -2.05. The number of rotatable bonds is 5. The molecule has 2 aromatic rings. The van der Waals surface area contributed by atoms with Gasteiger partial charge in [0.15, 0.2) is 5.65 Å². The van der Waals surface area contributed by atoms with Gasteiger partial charge in [-0.15, -0.1) is 0 Å². The van der Waals surface area contributed by atoms with E-state index in [1.165, 1.54) is 0 Å². The zero-order valence-electron chi connectivity index (χ0n) is 9.80. The molecule has 0 saturated heterocycles. The van der Waals surface area contributed by atoms with E-state index in [1.54, 1.807) is 12.5 Å². The molecule has 2 rings (SSSR count). The molecule has 0 radical (unpaired) electrons. The number of pyridine rings is 1. The van der Waals surface area contributed by atoms with Crippen LogP contribution in [0.5, 0.6) is 0 Å². The zero-order valence-corrected chi connectivity index (χ0v) is 9.80. The second kappa shape index (κ2) is 5.43. The van der Waals surface area contributed by atoms with E-state index in [-0.39, 0.29) is 5.97 Å². The van der Waals surface area contributed by atoms with Crippen LogP contribution in [0.15, 0.2) is 24.7 Å². The van der Waals surface area contributed by atoms with E-state index in [1.807, 2.05) is 23.6 Å². The van der Waals surface area contributed by atoms with Crippen molar-refractivity contribution in [3.05, 3.63) is 24.7 Å². The monoisotopic (exact) mass is 233 g/mol. The molecule has 2 heterocycles. The van der Waals surface area contributed by atoms with E-state index in [4.69, 9.17) is 4.74 Å². The summed E-state index contributed by atoms with van der Waals surface area (Å²) in [5.74, 6) is -0.143. The number of esters is 1. The summed E-state index contributed by atoms with van der Waals surface area (Å²) in [6, 6.07) is 3.85. The quantitative estimate of drug-likeness (QED) is 0.738. The summed E-state index contributed by atoms with van der Waals surface area (Å²) in [5, 5.41) is 0. The van der Waals surface area contributed by atoms with Gasteiger partial charge in [0.1, 0.15) is 0 Å². The summed E-state index contributed by atoms with van der Waals surface area (Å²) in [6.07, 6.45) is 4.66. The molecule has 0 fully saturated rings. The van der Waals surface area contributed by atoms with Gasteiger partial charge in [0.2, 0.25) is 0 Å². The number of imidazole rings is 1. The number of fused-ring (bicyclic) bond motifs is 1. The summed E-state index contributed by atoms with van der Waals surface area (Å²) in [4.78, 5) is 19.5. The van der Waals surface area contributed by atoms with Crippen LogP contribution >= 0.6 is 0 Å². The second-order valence-electron chi connectivity index (χ2n) is 3.69. The Bertz CT molecular complexity index is 507. The topological polar surface area (TPSA) is 57.0 Å². The number of nitrogens with zero attached hydrogens (tertiary/aromatic N) is 3. The van der Waals surface area contributed by atoms with Gasteiger partial charge in [0.05, 0.1) is 18.5 Å². The molecule has 0 unspecified atom stereocenters. The highest BCUT2D eigenvalue weighted by Crippen LogP contribution is 2.10. The van der Waals surface area contributed by atoms with Gasteiger partial charge in [0, 0.05) is 19.2 Å². The minimum absolute atomic E-state index is 0.143. The number of hydrogen-bond acceptors (Lipinski definition) is 4. The molecule has 0 bridgehead atoms. The first-order chi connectivity index (χ1) is 8.31. The number of carbonyl (C=O) groups is 1. The molecule has 0 saturated carbocycles. The smallest absolute Gasteiger partial charge is 0.305 e. The molecule has 0 N–H and O–H groups in total. The van der Waals surface area contributed by atoms with Crippen molar-refractivity contribution in [1.29, 1.82) is 0 Å². The highest BCUT2D eigenvalue weighted by molar-refractivity contribution is 5.70. The molecule has 2 aromatic heterocycles. The third-order valence-electron chi connectivity index (χ3n) is 2.48. The minimum atomic E-state index is -0.143. The molecule has 0 aliphatic rings. The van der Waals surface area contributed by atoms with Crippen molar-refractivity contribution in [3.63, 3.8) is 0 Å². The molecule has 0 aromatic carbocycles. The molecule has 5 heteroatoms. The highest BCUT2D eigenvalue weighted by Gasteiger charge is 2.04. The molecule has 90 valence electrons. The molecule has 0 atom stereocenters. The lowest BCUT2D eigenvalue weighted by Gasteiger charge is -2.03. The van der Waals surface area contributed by atoms with Crippen LogP contribution in [0.2, 0.25) is 0 Å². The van der Waals surface area contributed by atoms with E-state index in [0.29, 0.717) is 13.0 Å². The molecule has 0 spiro atoms. The van der Waals surface area contributed by atoms with Crippen LogP contribution in [0.4, 0.5) is 0 Å². The number of aryl methyl sites for hydroxylation is 1. The van der Waals surface area contributed by atoms with Crippen LogP contribution in [0.3, 0.4) is 0 Å². The highest BCUT2D eigenvalue weighted by atomic mass is 16.5. The Hall–Kier alpha value is -1.91. The lowest BCUT2D eigenvalue weighted by molar-refractivity contribution is -0.143. The van der Waals surface area contributed by atoms with Crippen LogP contribution in [0.1, 0.15) is 19.8 Å². The maximum Gasteiger partial charge on any atom is 0.305 e. The average molecular weight is 233 g/mol. The molecule has 17 heavy (non-hydrogen) atoms. The fourth-order valence-electron chi connectivity index (χ4n) is 1.70. The van der Waals surface area contributed by atoms with Crippen molar-refractivity contribution in [1.82, 2.24) is 14.5 Å². The third kappa shape index (κ3) is 2.81. The predicted octanol–water partition coefficient (Wildman–Crippen LogP) is 1.77. The van der Waals surface area contributed by atoms with E-state index < -0.39 is 0 Å². The first-order valence-corrected chi connectivity index (χ1v) is 5.72. The van der Waals surface area contributed by atoms with Gasteiger partial charge in [-0.3, -0.25) is 4.79 Å². The summed E-state index contributed by atoms with van der Waals surface area (Å²) < 4.78 is 6.87. The van der Waals surface area contributed by atoms with Crippen molar-refractivity contribution < 1.29 is 9.53 Å². The van der Waals surface area contributed by atoms with Gasteiger partial charge in [0.25, 0.3) is 0 Å². The summed E-state index contributed by atoms with van der Waals surface area (Å²) in [6.45, 7) is 3.00. The number of ether oxygens (including phenoxy) is 1. The maximum atomic E-state index is 11.2. The summed E-state index contributed by atoms with van der Waals surface area (Å²) >= 11 is 0. The molecular weight excluding hydrogens is 218 g/mol. The van der Waals surface area contributed by atoms with E-state index in [0.717, 1.165) is 24.1 Å². The number of hydrogen-bond donors (Lipinski definition) is 0. The normalized spacial score (nSPS) is 10.6. The van der Waals surface area contributed by atoms with Crippen LogP contribution in [-0.2, 0) is 16.1 Å². The molecule has 5 nitrogen and oxygen atoms in total. The second-order valence-corrected chi connectivity index (χ2v) is 3.69. The van der Waals surface area contributed by atoms with Crippen molar-refractivity contribution >= 4 is 17.1 Å². The Morgan fingerprint density at radius 2 is 2.35 bits per heavy atom. The minimum Gasteiger partial charge on any atom is -0.466 e. The molecule has 0 amide bonds. The number of aromatic nitrogens is 3. The SMILES string of the molecule is CCOC(=O)CCCn1cnc2ncccc21. The van der Waals surface area contributed by atoms with Gasteiger partial charge >= 0.3 is 5.97 Å². The average Bonchev–Trinajstić information content (AvgIpc) is 2.73. The van der Waals surface area contributed by atoms with Crippen LogP contribution in [0.25, 0.3) is 11.2 Å². The van der Waals surface area contributed by atoms with Crippen LogP contribution in [0, 0.1) is 0 Å². The first-order valence-electron chi connectivity index (χ1n) is 5.72. The Kier molecular flexibility index (Phi) is 3.69. The van der Waals surface area contributed by atoms with E-state index in [9.17, 15) is 4.79 Å². The fraction of sp³-hybridized carbons (Fsp3) is 0.417. The van der Waals surface area contributed by atoms with Crippen molar-refractivity contribution in [2.75, 3.05) is 6.61 Å². The Morgan fingerprint density at radius 3 is 3.18 bits per heavy atom. The lowest BCUT2D eigenvalue weighted by atomic mass is 10.3. The van der Waals surface area contributed by atoms with E-state index >= 15 is 0 Å². The van der Waals surface area contributed by atoms with E-state index in [2.05, 4.69) is 9.97 Å². The summed E-state index contributed by atoms with van der Waals surface area (Å²) in [5.41, 5.74) is 1.74. The van der Waals surface area contributed by atoms with Gasteiger partial charge in [-0.1, -0.05) is 0 Å². The molecule has 0 aliphatic carbocycles. The van der Waals surface area contributed by atoms with Crippen molar-refractivity contribution in [2.24, 2.45) is 0 Å². The third-order valence-corrected chi connectivity index (χ3v) is 2.48. The van der Waals surface area contributed by atoms with Gasteiger partial charge < -0.3 is 9.30 Å². The largest absolute Gasteiger partial charge is 0.466 e. The fourth-order valence-corrected chi connectivity index (χ4v) is 1.70. The first kappa shape index (κ1) is 11.6. The zero-order chi connectivity index (χ0) is 12.1. The molecule has 0 aliphatic heterocycles. The van der Waals surface area contributed by atoms with Gasteiger partial charge in [-0.05, 0) is 25.5 Å². The Morgan fingerprint density at radius 1 is 1.47 bits per heavy atom. The Balaban J connectivity index is 1.93. The van der Waals surface area contributed by atoms with Gasteiger partial charge in [-0.25, -0.2) is 9.97 Å². The van der Waals surface area contributed by atoms with Crippen LogP contribution < -0.4 is 0 Å². The predicted molar refractivity (Wildman–Crippen MR) is 63.4 cm³/mol. The van der Waals surface area contributed by atoms with Crippen molar-refractivity contribution in [2.45, 2.75) is 26.3 Å².